The average Bonchev–Trinajstić information content (AvgIpc) is 2.12. The van der Waals surface area contributed by atoms with Crippen LogP contribution < -0.4 is 4.74 Å². The summed E-state index contributed by atoms with van der Waals surface area (Å²) >= 11 is 22.6. The van der Waals surface area contributed by atoms with Gasteiger partial charge in [0.15, 0.2) is 5.75 Å². The molecule has 1 aromatic carbocycles. The summed E-state index contributed by atoms with van der Waals surface area (Å²) in [5.74, 6) is 0.222. The maximum atomic E-state index is 10.9. The van der Waals surface area contributed by atoms with Gasteiger partial charge in [-0.1, -0.05) is 34.8 Å². The second kappa shape index (κ2) is 4.58. The Morgan fingerprint density at radius 2 is 1.86 bits per heavy atom. The summed E-state index contributed by atoms with van der Waals surface area (Å²) in [6, 6.07) is 1.31. The number of rotatable bonds is 2. The molecule has 0 bridgehead atoms. The molecule has 0 fully saturated rings. The van der Waals surface area contributed by atoms with Gasteiger partial charge >= 0.3 is 0 Å². The third-order valence-electron chi connectivity index (χ3n) is 1.53. The number of benzene rings is 1. The van der Waals surface area contributed by atoms with E-state index in [1.165, 1.54) is 13.2 Å². The molecule has 6 heteroatoms. The topological polar surface area (TPSA) is 26.3 Å². The Morgan fingerprint density at radius 3 is 2.29 bits per heavy atom. The van der Waals surface area contributed by atoms with Crippen LogP contribution in [0.4, 0.5) is 0 Å². The lowest BCUT2D eigenvalue weighted by Crippen LogP contribution is -1.94. The van der Waals surface area contributed by atoms with Gasteiger partial charge in [-0.2, -0.15) is 0 Å². The maximum absolute atomic E-state index is 10.9. The normalized spacial score (nSPS) is 10.1. The zero-order valence-electron chi connectivity index (χ0n) is 6.91. The minimum absolute atomic E-state index is 0.0351. The van der Waals surface area contributed by atoms with Crippen LogP contribution in [0.1, 0.15) is 10.4 Å². The van der Waals surface area contributed by atoms with E-state index in [1.54, 1.807) is 0 Å². The predicted octanol–water partition coefficient (Wildman–Crippen LogP) is 4.03. The molecule has 0 spiro atoms. The van der Waals surface area contributed by atoms with Gasteiger partial charge in [-0.3, -0.25) is 4.79 Å². The lowest BCUT2D eigenvalue weighted by molar-refractivity contribution is 0.108. The van der Waals surface area contributed by atoms with Crippen LogP contribution in [0, 0.1) is 0 Å². The molecule has 0 aliphatic carbocycles. The smallest absolute Gasteiger partial charge is 0.254 e. The number of hydrogen-bond donors (Lipinski definition) is 0. The molecular formula is C8H4Cl4O2. The van der Waals surface area contributed by atoms with Gasteiger partial charge in [0.25, 0.3) is 5.24 Å². The standard InChI is InChI=1S/C8H4Cl4O2/c1-14-7-4(9)2-3(8(12)13)5(10)6(7)11/h2H,1H3. The van der Waals surface area contributed by atoms with Crippen molar-refractivity contribution in [2.75, 3.05) is 7.11 Å². The molecule has 0 saturated carbocycles. The van der Waals surface area contributed by atoms with Gasteiger partial charge in [-0.05, 0) is 17.7 Å². The highest BCUT2D eigenvalue weighted by molar-refractivity contribution is 6.69. The minimum Gasteiger partial charge on any atom is -0.494 e. The number of halogens is 4. The van der Waals surface area contributed by atoms with Crippen LogP contribution in [-0.4, -0.2) is 12.4 Å². The van der Waals surface area contributed by atoms with Crippen LogP contribution in [0.5, 0.6) is 5.75 Å². The van der Waals surface area contributed by atoms with Gasteiger partial charge in [-0.15, -0.1) is 0 Å². The molecule has 0 unspecified atom stereocenters. The molecule has 1 aromatic rings. The first-order valence-electron chi connectivity index (χ1n) is 3.40. The Kier molecular flexibility index (Phi) is 3.90. The first kappa shape index (κ1) is 11.9. The lowest BCUT2D eigenvalue weighted by Gasteiger charge is -2.08. The fraction of sp³-hybridized carbons (Fsp3) is 0.125. The highest BCUT2D eigenvalue weighted by Crippen LogP contribution is 2.40. The molecule has 0 atom stereocenters. The van der Waals surface area contributed by atoms with Gasteiger partial charge in [0.2, 0.25) is 0 Å². The number of methoxy groups -OCH3 is 1. The fourth-order valence-electron chi connectivity index (χ4n) is 0.909. The third kappa shape index (κ3) is 2.09. The minimum atomic E-state index is -0.721. The molecule has 0 heterocycles. The van der Waals surface area contributed by atoms with E-state index in [-0.39, 0.29) is 26.4 Å². The Morgan fingerprint density at radius 1 is 1.29 bits per heavy atom. The van der Waals surface area contributed by atoms with E-state index in [9.17, 15) is 4.79 Å². The summed E-state index contributed by atoms with van der Waals surface area (Å²) < 4.78 is 4.89. The Hall–Kier alpha value is -0.150. The summed E-state index contributed by atoms with van der Waals surface area (Å²) in [7, 11) is 1.39. The van der Waals surface area contributed by atoms with Crippen molar-refractivity contribution in [2.24, 2.45) is 0 Å². The van der Waals surface area contributed by atoms with Crippen molar-refractivity contribution in [1.29, 1.82) is 0 Å². The van der Waals surface area contributed by atoms with E-state index in [2.05, 4.69) is 0 Å². The summed E-state index contributed by atoms with van der Waals surface area (Å²) in [5.41, 5.74) is 0.0594. The molecular weight excluding hydrogens is 270 g/mol. The van der Waals surface area contributed by atoms with Crippen molar-refractivity contribution in [3.8, 4) is 5.75 Å². The van der Waals surface area contributed by atoms with E-state index in [0.29, 0.717) is 0 Å². The van der Waals surface area contributed by atoms with Crippen molar-refractivity contribution in [2.45, 2.75) is 0 Å². The monoisotopic (exact) mass is 272 g/mol. The highest BCUT2D eigenvalue weighted by Gasteiger charge is 2.18. The zero-order valence-corrected chi connectivity index (χ0v) is 9.93. The van der Waals surface area contributed by atoms with Gasteiger partial charge in [0.05, 0.1) is 22.7 Å². The fourth-order valence-corrected chi connectivity index (χ4v) is 1.94. The van der Waals surface area contributed by atoms with Crippen LogP contribution in [0.3, 0.4) is 0 Å². The molecule has 0 aromatic heterocycles. The lowest BCUT2D eigenvalue weighted by atomic mass is 10.2. The number of ether oxygens (including phenoxy) is 1. The van der Waals surface area contributed by atoms with Crippen molar-refractivity contribution in [1.82, 2.24) is 0 Å². The van der Waals surface area contributed by atoms with Gasteiger partial charge in [0, 0.05) is 0 Å². The molecule has 76 valence electrons. The second-order valence-electron chi connectivity index (χ2n) is 2.34. The first-order chi connectivity index (χ1) is 6.49. The van der Waals surface area contributed by atoms with E-state index >= 15 is 0 Å². The van der Waals surface area contributed by atoms with Crippen molar-refractivity contribution in [3.05, 3.63) is 26.7 Å². The molecule has 1 rings (SSSR count). The van der Waals surface area contributed by atoms with Crippen LogP contribution in [0.25, 0.3) is 0 Å². The van der Waals surface area contributed by atoms with E-state index in [0.717, 1.165) is 0 Å². The van der Waals surface area contributed by atoms with E-state index < -0.39 is 5.24 Å². The number of carbonyl (C=O) groups is 1. The van der Waals surface area contributed by atoms with E-state index in [4.69, 9.17) is 51.1 Å². The molecule has 2 nitrogen and oxygen atoms in total. The Bertz CT molecular complexity index is 389. The molecule has 0 amide bonds. The maximum Gasteiger partial charge on any atom is 0.254 e. The van der Waals surface area contributed by atoms with Crippen LogP contribution in [0.15, 0.2) is 6.07 Å². The first-order valence-corrected chi connectivity index (χ1v) is 4.91. The average molecular weight is 274 g/mol. The van der Waals surface area contributed by atoms with Crippen molar-refractivity contribution < 1.29 is 9.53 Å². The molecule has 0 aliphatic rings. The SMILES string of the molecule is COc1c(Cl)cc(C(=O)Cl)c(Cl)c1Cl. The summed E-state index contributed by atoms with van der Waals surface area (Å²) in [6.07, 6.45) is 0. The summed E-state index contributed by atoms with van der Waals surface area (Å²) in [6.45, 7) is 0. The predicted molar refractivity (Wildman–Crippen MR) is 58.2 cm³/mol. The third-order valence-corrected chi connectivity index (χ3v) is 2.87. The van der Waals surface area contributed by atoms with Crippen molar-refractivity contribution in [3.63, 3.8) is 0 Å². The Labute approximate surface area is 101 Å². The largest absolute Gasteiger partial charge is 0.494 e. The van der Waals surface area contributed by atoms with Crippen LogP contribution in [-0.2, 0) is 0 Å². The highest BCUT2D eigenvalue weighted by atomic mass is 35.5. The van der Waals surface area contributed by atoms with Gasteiger partial charge in [0.1, 0.15) is 5.02 Å². The molecule has 0 radical (unpaired) electrons. The number of hydrogen-bond acceptors (Lipinski definition) is 2. The van der Waals surface area contributed by atoms with Gasteiger partial charge < -0.3 is 4.74 Å². The molecule has 0 saturated heterocycles. The number of carbonyl (C=O) groups excluding carboxylic acids is 1. The van der Waals surface area contributed by atoms with E-state index in [1.807, 2.05) is 0 Å². The summed E-state index contributed by atoms with van der Waals surface area (Å²) in [4.78, 5) is 10.9. The second-order valence-corrected chi connectivity index (χ2v) is 3.85. The summed E-state index contributed by atoms with van der Waals surface area (Å²) in [5, 5.41) is -0.425. The molecule has 0 N–H and O–H groups in total. The zero-order chi connectivity index (χ0) is 10.9. The molecule has 0 aliphatic heterocycles. The molecule has 14 heavy (non-hydrogen) atoms. The van der Waals surface area contributed by atoms with Crippen molar-refractivity contribution >= 4 is 51.6 Å². The Balaban J connectivity index is 3.47. The van der Waals surface area contributed by atoms with Gasteiger partial charge in [-0.25, -0.2) is 0 Å². The van der Waals surface area contributed by atoms with Crippen LogP contribution >= 0.6 is 46.4 Å². The quantitative estimate of drug-likeness (QED) is 0.601. The van der Waals surface area contributed by atoms with Crippen LogP contribution in [0.2, 0.25) is 15.1 Å².